The maximum absolute atomic E-state index is 12.8. The first-order valence-electron chi connectivity index (χ1n) is 8.83. The van der Waals surface area contributed by atoms with Crippen LogP contribution in [-0.4, -0.2) is 15.5 Å². The van der Waals surface area contributed by atoms with Crippen molar-refractivity contribution in [1.82, 2.24) is 14.9 Å². The van der Waals surface area contributed by atoms with Gasteiger partial charge < -0.3 is 9.88 Å². The molecule has 0 fully saturated rings. The van der Waals surface area contributed by atoms with E-state index in [0.29, 0.717) is 24.3 Å². The molecule has 0 bridgehead atoms. The Morgan fingerprint density at radius 3 is 2.59 bits per heavy atom. The Kier molecular flexibility index (Phi) is 5.10. The quantitative estimate of drug-likeness (QED) is 0.493. The Morgan fingerprint density at radius 2 is 1.90 bits per heavy atom. The second-order valence-corrected chi connectivity index (χ2v) is 7.43. The molecular formula is C21H16F3N3OS. The fourth-order valence-electron chi connectivity index (χ4n) is 3.08. The van der Waals surface area contributed by atoms with Gasteiger partial charge in [-0.2, -0.15) is 13.2 Å². The first kappa shape index (κ1) is 19.2. The number of nitrogens with one attached hydrogen (secondary N) is 1. The second kappa shape index (κ2) is 7.71. The summed E-state index contributed by atoms with van der Waals surface area (Å²) in [4.78, 5) is 17.0. The van der Waals surface area contributed by atoms with Crippen molar-refractivity contribution in [2.24, 2.45) is 0 Å². The van der Waals surface area contributed by atoms with E-state index < -0.39 is 11.7 Å². The minimum absolute atomic E-state index is 0.258. The first-order chi connectivity index (χ1) is 13.9. The van der Waals surface area contributed by atoms with Gasteiger partial charge in [0, 0.05) is 12.7 Å². The zero-order valence-electron chi connectivity index (χ0n) is 15.1. The van der Waals surface area contributed by atoms with Crippen LogP contribution in [0.1, 0.15) is 27.3 Å². The van der Waals surface area contributed by atoms with Gasteiger partial charge in [-0.1, -0.05) is 18.2 Å². The number of aromatic nitrogens is 2. The van der Waals surface area contributed by atoms with E-state index in [1.165, 1.54) is 23.5 Å². The molecule has 4 aromatic rings. The fraction of sp³-hybridized carbons (Fsp3) is 0.143. The van der Waals surface area contributed by atoms with E-state index >= 15 is 0 Å². The summed E-state index contributed by atoms with van der Waals surface area (Å²) in [6.07, 6.45) is -2.71. The predicted octanol–water partition coefficient (Wildman–Crippen LogP) is 5.09. The highest BCUT2D eigenvalue weighted by molar-refractivity contribution is 7.17. The van der Waals surface area contributed by atoms with Gasteiger partial charge in [-0.15, -0.1) is 11.3 Å². The van der Waals surface area contributed by atoms with Gasteiger partial charge in [0.15, 0.2) is 0 Å². The molecule has 148 valence electrons. The maximum Gasteiger partial charge on any atom is 0.416 e. The van der Waals surface area contributed by atoms with Crippen molar-refractivity contribution in [3.8, 4) is 0 Å². The third kappa shape index (κ3) is 4.17. The molecule has 1 aromatic carbocycles. The molecule has 0 aliphatic rings. The lowest BCUT2D eigenvalue weighted by Gasteiger charge is -2.12. The summed E-state index contributed by atoms with van der Waals surface area (Å²) in [7, 11) is 0. The molecule has 3 heterocycles. The summed E-state index contributed by atoms with van der Waals surface area (Å²) in [5.74, 6) is -0.258. The van der Waals surface area contributed by atoms with Crippen LogP contribution in [0.2, 0.25) is 0 Å². The van der Waals surface area contributed by atoms with Gasteiger partial charge in [-0.25, -0.2) is 0 Å². The summed E-state index contributed by atoms with van der Waals surface area (Å²) in [5.41, 5.74) is 2.06. The van der Waals surface area contributed by atoms with Crippen molar-refractivity contribution in [3.05, 3.63) is 88.7 Å². The fourth-order valence-corrected chi connectivity index (χ4v) is 3.90. The van der Waals surface area contributed by atoms with Crippen molar-refractivity contribution in [3.63, 3.8) is 0 Å². The number of alkyl halides is 3. The molecule has 1 N–H and O–H groups in total. The van der Waals surface area contributed by atoms with Gasteiger partial charge in [0.2, 0.25) is 0 Å². The van der Waals surface area contributed by atoms with Crippen LogP contribution in [0.3, 0.4) is 0 Å². The standard InChI is InChI=1S/C21H16F3N3OS/c22-21(23,24)15-6-4-14(5-7-15)13-27-17-8-10-29-19(17)11-18(27)20(28)26-12-16-3-1-2-9-25-16/h1-11H,12-13H2,(H,26,28). The van der Waals surface area contributed by atoms with Gasteiger partial charge in [-0.05, 0) is 47.3 Å². The molecule has 0 spiro atoms. The van der Waals surface area contributed by atoms with Crippen molar-refractivity contribution >= 4 is 27.5 Å². The van der Waals surface area contributed by atoms with Crippen LogP contribution in [0.4, 0.5) is 13.2 Å². The van der Waals surface area contributed by atoms with Crippen molar-refractivity contribution < 1.29 is 18.0 Å². The normalized spacial score (nSPS) is 11.7. The number of nitrogens with zero attached hydrogens (tertiary/aromatic N) is 2. The molecule has 4 nitrogen and oxygen atoms in total. The third-order valence-electron chi connectivity index (χ3n) is 4.53. The van der Waals surface area contributed by atoms with Crippen LogP contribution in [0, 0.1) is 0 Å². The number of carbonyl (C=O) groups is 1. The molecule has 0 aliphatic carbocycles. The number of amides is 1. The summed E-state index contributed by atoms with van der Waals surface area (Å²) in [5, 5.41) is 4.77. The van der Waals surface area contributed by atoms with Crippen LogP contribution in [-0.2, 0) is 19.3 Å². The van der Waals surface area contributed by atoms with E-state index in [-0.39, 0.29) is 5.91 Å². The van der Waals surface area contributed by atoms with Gasteiger partial charge in [0.1, 0.15) is 5.69 Å². The lowest BCUT2D eigenvalue weighted by atomic mass is 10.1. The van der Waals surface area contributed by atoms with E-state index in [9.17, 15) is 18.0 Å². The average Bonchev–Trinajstić information content (AvgIpc) is 3.29. The molecule has 1 amide bonds. The predicted molar refractivity (Wildman–Crippen MR) is 106 cm³/mol. The minimum atomic E-state index is -4.37. The molecule has 0 radical (unpaired) electrons. The monoisotopic (exact) mass is 415 g/mol. The molecular weight excluding hydrogens is 399 g/mol. The summed E-state index contributed by atoms with van der Waals surface area (Å²) in [6.45, 7) is 0.587. The van der Waals surface area contributed by atoms with Crippen LogP contribution < -0.4 is 5.32 Å². The number of thiophene rings is 1. The van der Waals surface area contributed by atoms with Crippen LogP contribution in [0.25, 0.3) is 10.2 Å². The van der Waals surface area contributed by atoms with Crippen LogP contribution >= 0.6 is 11.3 Å². The van der Waals surface area contributed by atoms with Crippen molar-refractivity contribution in [1.29, 1.82) is 0 Å². The van der Waals surface area contributed by atoms with Crippen LogP contribution in [0.5, 0.6) is 0 Å². The maximum atomic E-state index is 12.8. The summed E-state index contributed by atoms with van der Waals surface area (Å²) >= 11 is 1.51. The smallest absolute Gasteiger partial charge is 0.345 e. The number of pyridine rings is 1. The van der Waals surface area contributed by atoms with E-state index in [4.69, 9.17) is 0 Å². The highest BCUT2D eigenvalue weighted by Gasteiger charge is 2.30. The van der Waals surface area contributed by atoms with Gasteiger partial charge >= 0.3 is 6.18 Å². The molecule has 8 heteroatoms. The molecule has 3 aromatic heterocycles. The molecule has 0 aliphatic heterocycles. The Morgan fingerprint density at radius 1 is 1.10 bits per heavy atom. The SMILES string of the molecule is O=C(NCc1ccccn1)c1cc2sccc2n1Cc1ccc(C(F)(F)F)cc1. The number of rotatable bonds is 5. The third-order valence-corrected chi connectivity index (χ3v) is 5.39. The molecule has 0 saturated carbocycles. The summed E-state index contributed by atoms with van der Waals surface area (Å²) in [6, 6.07) is 14.2. The van der Waals surface area contributed by atoms with E-state index in [0.717, 1.165) is 28.0 Å². The van der Waals surface area contributed by atoms with Crippen molar-refractivity contribution in [2.75, 3.05) is 0 Å². The number of benzene rings is 1. The zero-order chi connectivity index (χ0) is 20.4. The Balaban J connectivity index is 1.58. The first-order valence-corrected chi connectivity index (χ1v) is 9.71. The van der Waals surface area contributed by atoms with Gasteiger partial charge in [-0.3, -0.25) is 9.78 Å². The van der Waals surface area contributed by atoms with E-state index in [1.54, 1.807) is 18.3 Å². The Bertz CT molecular complexity index is 1130. The lowest BCUT2D eigenvalue weighted by Crippen LogP contribution is -2.26. The van der Waals surface area contributed by atoms with Gasteiger partial charge in [0.25, 0.3) is 5.91 Å². The molecule has 0 atom stereocenters. The van der Waals surface area contributed by atoms with Crippen molar-refractivity contribution in [2.45, 2.75) is 19.3 Å². The topological polar surface area (TPSA) is 46.9 Å². The van der Waals surface area contributed by atoms with Gasteiger partial charge in [0.05, 0.1) is 28.0 Å². The molecule has 0 unspecified atom stereocenters. The number of carbonyl (C=O) groups excluding carboxylic acids is 1. The number of halogens is 3. The number of fused-ring (bicyclic) bond motifs is 1. The van der Waals surface area contributed by atoms with E-state index in [1.807, 2.05) is 28.1 Å². The molecule has 4 rings (SSSR count). The Labute approximate surface area is 168 Å². The number of hydrogen-bond donors (Lipinski definition) is 1. The zero-order valence-corrected chi connectivity index (χ0v) is 15.9. The van der Waals surface area contributed by atoms with E-state index in [2.05, 4.69) is 10.3 Å². The average molecular weight is 415 g/mol. The Hall–Kier alpha value is -3.13. The number of hydrogen-bond acceptors (Lipinski definition) is 3. The second-order valence-electron chi connectivity index (χ2n) is 6.48. The lowest BCUT2D eigenvalue weighted by molar-refractivity contribution is -0.137. The largest absolute Gasteiger partial charge is 0.416 e. The summed E-state index contributed by atoms with van der Waals surface area (Å²) < 4.78 is 41.2. The minimum Gasteiger partial charge on any atom is -0.345 e. The van der Waals surface area contributed by atoms with Crippen LogP contribution in [0.15, 0.2) is 66.2 Å². The highest BCUT2D eigenvalue weighted by atomic mass is 32.1. The molecule has 29 heavy (non-hydrogen) atoms. The highest BCUT2D eigenvalue weighted by Crippen LogP contribution is 2.30. The molecule has 0 saturated heterocycles.